The SMILES string of the molecule is [B][C@@H]1OC[C@H](OC[P@@](=O)(CCC(C)C)OC(C)C)[C@H]1OC(=O)c1ccccc1. The van der Waals surface area contributed by atoms with Crippen LogP contribution in [0.5, 0.6) is 0 Å². The molecular formula is C20H30BO6P. The predicted octanol–water partition coefficient (Wildman–Crippen LogP) is 3.83. The van der Waals surface area contributed by atoms with Crippen molar-refractivity contribution in [1.29, 1.82) is 0 Å². The van der Waals surface area contributed by atoms with Gasteiger partial charge in [0, 0.05) is 6.16 Å². The molecule has 2 rings (SSSR count). The van der Waals surface area contributed by atoms with Gasteiger partial charge in [0.1, 0.15) is 26.4 Å². The molecule has 28 heavy (non-hydrogen) atoms. The first kappa shape index (κ1) is 23.1. The molecule has 0 amide bonds. The van der Waals surface area contributed by atoms with Crippen LogP contribution in [0.3, 0.4) is 0 Å². The van der Waals surface area contributed by atoms with Crippen molar-refractivity contribution in [3.05, 3.63) is 35.9 Å². The van der Waals surface area contributed by atoms with E-state index in [2.05, 4.69) is 13.8 Å². The Bertz CT molecular complexity index is 666. The second-order valence-corrected chi connectivity index (χ2v) is 10.3. The first-order chi connectivity index (χ1) is 13.2. The number of carbonyl (C=O) groups excluding carboxylic acids is 1. The minimum Gasteiger partial charge on any atom is -0.454 e. The van der Waals surface area contributed by atoms with Crippen LogP contribution in [0.1, 0.15) is 44.5 Å². The molecule has 4 atom stereocenters. The number of hydrogen-bond acceptors (Lipinski definition) is 6. The summed E-state index contributed by atoms with van der Waals surface area (Å²) in [5.41, 5.74) is 0.422. The molecule has 1 heterocycles. The quantitative estimate of drug-likeness (QED) is 0.333. The molecule has 0 N–H and O–H groups in total. The third-order valence-electron chi connectivity index (χ3n) is 4.33. The maximum atomic E-state index is 13.2. The van der Waals surface area contributed by atoms with Gasteiger partial charge < -0.3 is 18.7 Å². The highest BCUT2D eigenvalue weighted by molar-refractivity contribution is 7.58. The molecule has 8 heteroatoms. The maximum Gasteiger partial charge on any atom is 0.338 e. The number of rotatable bonds is 10. The Morgan fingerprint density at radius 1 is 1.25 bits per heavy atom. The van der Waals surface area contributed by atoms with E-state index in [1.54, 1.807) is 24.3 Å². The van der Waals surface area contributed by atoms with Gasteiger partial charge in [-0.3, -0.25) is 4.57 Å². The van der Waals surface area contributed by atoms with Gasteiger partial charge in [0.15, 0.2) is 0 Å². The molecule has 0 unspecified atom stereocenters. The summed E-state index contributed by atoms with van der Waals surface area (Å²) in [7, 11) is 2.96. The Morgan fingerprint density at radius 2 is 1.93 bits per heavy atom. The van der Waals surface area contributed by atoms with Crippen LogP contribution in [0, 0.1) is 5.92 Å². The van der Waals surface area contributed by atoms with E-state index in [1.165, 1.54) is 0 Å². The highest BCUT2D eigenvalue weighted by Gasteiger charge is 2.40. The molecule has 0 spiro atoms. The summed E-state index contributed by atoms with van der Waals surface area (Å²) in [6.07, 6.45) is -0.374. The summed E-state index contributed by atoms with van der Waals surface area (Å²) >= 11 is 0. The number of carbonyl (C=O) groups is 1. The Kier molecular flexibility index (Phi) is 8.75. The minimum atomic E-state index is -2.98. The van der Waals surface area contributed by atoms with Gasteiger partial charge in [-0.15, -0.1) is 0 Å². The van der Waals surface area contributed by atoms with E-state index in [0.29, 0.717) is 17.6 Å². The molecule has 6 nitrogen and oxygen atoms in total. The van der Waals surface area contributed by atoms with Gasteiger partial charge in [0.05, 0.1) is 24.3 Å². The predicted molar refractivity (Wildman–Crippen MR) is 109 cm³/mol. The minimum absolute atomic E-state index is 0.0575. The van der Waals surface area contributed by atoms with Crippen molar-refractivity contribution in [2.75, 3.05) is 19.1 Å². The number of ether oxygens (including phenoxy) is 3. The van der Waals surface area contributed by atoms with E-state index < -0.39 is 31.5 Å². The summed E-state index contributed by atoms with van der Waals surface area (Å²) in [6.45, 7) is 8.01. The molecule has 0 aromatic heterocycles. The molecule has 0 saturated carbocycles. The molecule has 0 aliphatic carbocycles. The summed E-state index contributed by atoms with van der Waals surface area (Å²) in [4.78, 5) is 12.3. The molecular weight excluding hydrogens is 378 g/mol. The average Bonchev–Trinajstić information content (AvgIpc) is 2.98. The zero-order valence-corrected chi connectivity index (χ0v) is 18.0. The highest BCUT2D eigenvalue weighted by Crippen LogP contribution is 2.49. The zero-order valence-electron chi connectivity index (χ0n) is 17.1. The van der Waals surface area contributed by atoms with Crippen LogP contribution in [0.15, 0.2) is 30.3 Å². The van der Waals surface area contributed by atoms with Gasteiger partial charge in [0.2, 0.25) is 7.37 Å². The van der Waals surface area contributed by atoms with Crippen molar-refractivity contribution in [1.82, 2.24) is 0 Å². The van der Waals surface area contributed by atoms with E-state index in [9.17, 15) is 9.36 Å². The van der Waals surface area contributed by atoms with E-state index in [4.69, 9.17) is 26.6 Å². The van der Waals surface area contributed by atoms with Crippen LogP contribution in [0.4, 0.5) is 0 Å². The molecule has 2 radical (unpaired) electrons. The first-order valence-corrected chi connectivity index (χ1v) is 11.7. The van der Waals surface area contributed by atoms with Gasteiger partial charge in [-0.1, -0.05) is 32.0 Å². The van der Waals surface area contributed by atoms with E-state index >= 15 is 0 Å². The lowest BCUT2D eigenvalue weighted by Gasteiger charge is -2.26. The van der Waals surface area contributed by atoms with E-state index in [0.717, 1.165) is 6.42 Å². The fourth-order valence-corrected chi connectivity index (χ4v) is 5.25. The fraction of sp³-hybridized carbons (Fsp3) is 0.650. The van der Waals surface area contributed by atoms with Gasteiger partial charge in [-0.25, -0.2) is 4.79 Å². The average molecular weight is 408 g/mol. The van der Waals surface area contributed by atoms with Gasteiger partial charge in [-0.05, 0) is 38.3 Å². The number of benzene rings is 1. The van der Waals surface area contributed by atoms with Crippen molar-refractivity contribution in [2.24, 2.45) is 5.92 Å². The van der Waals surface area contributed by atoms with E-state index in [1.807, 2.05) is 19.9 Å². The van der Waals surface area contributed by atoms with Crippen LogP contribution in [0.25, 0.3) is 0 Å². The van der Waals surface area contributed by atoms with Crippen molar-refractivity contribution >= 4 is 21.2 Å². The first-order valence-electron chi connectivity index (χ1n) is 9.71. The lowest BCUT2D eigenvalue weighted by atomic mass is 9.93. The molecule has 1 aliphatic heterocycles. The Morgan fingerprint density at radius 3 is 2.54 bits per heavy atom. The molecule has 154 valence electrons. The summed E-state index contributed by atoms with van der Waals surface area (Å²) in [5, 5.41) is 0. The lowest BCUT2D eigenvalue weighted by Crippen LogP contribution is -2.37. The summed E-state index contributed by atoms with van der Waals surface area (Å²) in [6, 6.07) is 7.86. The van der Waals surface area contributed by atoms with Crippen molar-refractivity contribution in [3.63, 3.8) is 0 Å². The second-order valence-electron chi connectivity index (χ2n) is 7.74. The van der Waals surface area contributed by atoms with Crippen LogP contribution < -0.4 is 0 Å². The zero-order chi connectivity index (χ0) is 20.7. The summed E-state index contributed by atoms with van der Waals surface area (Å²) < 4.78 is 35.7. The van der Waals surface area contributed by atoms with Crippen LogP contribution in [0.2, 0.25) is 0 Å². The van der Waals surface area contributed by atoms with Gasteiger partial charge >= 0.3 is 5.97 Å². The van der Waals surface area contributed by atoms with Crippen LogP contribution in [-0.4, -0.2) is 57.2 Å². The third kappa shape index (κ3) is 7.04. The highest BCUT2D eigenvalue weighted by atomic mass is 31.2. The number of hydrogen-bond donors (Lipinski definition) is 0. The van der Waals surface area contributed by atoms with Gasteiger partial charge in [0.25, 0.3) is 0 Å². The standard InChI is InChI=1S/C20H30BO6P/c1-14(2)10-11-28(23,27-15(3)4)13-25-17-12-24-19(21)18(17)26-20(22)16-8-6-5-7-9-16/h5-9,14-15,17-19H,10-13H2,1-4H3/t17-,18+,19+,28+/m0/s1. The van der Waals surface area contributed by atoms with Crippen LogP contribution in [-0.2, 0) is 23.3 Å². The molecule has 1 aromatic rings. The van der Waals surface area contributed by atoms with E-state index in [-0.39, 0.29) is 19.1 Å². The Labute approximate surface area is 169 Å². The monoisotopic (exact) mass is 408 g/mol. The molecule has 1 saturated heterocycles. The third-order valence-corrected chi connectivity index (χ3v) is 6.62. The van der Waals surface area contributed by atoms with Crippen molar-refractivity contribution in [3.8, 4) is 0 Å². The smallest absolute Gasteiger partial charge is 0.338 e. The molecule has 1 aliphatic rings. The van der Waals surface area contributed by atoms with Crippen molar-refractivity contribution < 1.29 is 28.1 Å². The topological polar surface area (TPSA) is 71.1 Å². The normalized spacial score (nSPS) is 24.4. The lowest BCUT2D eigenvalue weighted by molar-refractivity contribution is -0.0232. The van der Waals surface area contributed by atoms with Crippen LogP contribution >= 0.6 is 7.37 Å². The number of esters is 1. The largest absolute Gasteiger partial charge is 0.454 e. The molecule has 1 aromatic carbocycles. The van der Waals surface area contributed by atoms with Gasteiger partial charge in [-0.2, -0.15) is 0 Å². The Balaban J connectivity index is 1.99. The Hall–Kier alpha value is -1.14. The fourth-order valence-electron chi connectivity index (χ4n) is 2.86. The second kappa shape index (κ2) is 10.6. The maximum absolute atomic E-state index is 13.2. The molecule has 1 fully saturated rings. The molecule has 0 bridgehead atoms. The van der Waals surface area contributed by atoms with Crippen molar-refractivity contribution in [2.45, 2.75) is 58.4 Å². The summed E-state index contributed by atoms with van der Waals surface area (Å²) in [5.74, 6) is -0.0894.